The van der Waals surface area contributed by atoms with E-state index in [1.807, 2.05) is 30.3 Å². The molecule has 2 aliphatic rings. The first kappa shape index (κ1) is 13.4. The Hall–Kier alpha value is -1.55. The first-order chi connectivity index (χ1) is 9.70. The summed E-state index contributed by atoms with van der Waals surface area (Å²) in [6.45, 7) is 0.330. The molecule has 0 radical (unpaired) electrons. The van der Waals surface area contributed by atoms with Gasteiger partial charge in [-0.1, -0.05) is 30.3 Å². The number of nitrogens with one attached hydrogen (secondary N) is 1. The maximum atomic E-state index is 11.8. The van der Waals surface area contributed by atoms with Gasteiger partial charge in [-0.3, -0.25) is 0 Å². The van der Waals surface area contributed by atoms with Crippen LogP contribution < -0.4 is 11.1 Å². The Balaban J connectivity index is 1.42. The van der Waals surface area contributed by atoms with Gasteiger partial charge in [0.05, 0.1) is 0 Å². The van der Waals surface area contributed by atoms with Crippen LogP contribution in [0.5, 0.6) is 0 Å². The third-order valence-corrected chi connectivity index (χ3v) is 4.59. The van der Waals surface area contributed by atoms with Crippen molar-refractivity contribution < 1.29 is 9.53 Å². The van der Waals surface area contributed by atoms with Gasteiger partial charge in [0.25, 0.3) is 0 Å². The number of fused-ring (bicyclic) bond motifs is 1. The molecular formula is C16H22N2O2. The normalized spacial score (nSPS) is 31.9. The van der Waals surface area contributed by atoms with Crippen molar-refractivity contribution in [2.24, 2.45) is 17.6 Å². The van der Waals surface area contributed by atoms with Crippen LogP contribution in [0, 0.1) is 11.8 Å². The molecule has 3 rings (SSSR count). The number of amides is 1. The zero-order valence-electron chi connectivity index (χ0n) is 11.6. The summed E-state index contributed by atoms with van der Waals surface area (Å²) in [4.78, 5) is 11.8. The summed E-state index contributed by atoms with van der Waals surface area (Å²) in [5, 5.41) is 2.99. The molecule has 4 heteroatoms. The molecule has 1 aromatic carbocycles. The van der Waals surface area contributed by atoms with Gasteiger partial charge in [0.2, 0.25) is 0 Å². The van der Waals surface area contributed by atoms with Crippen molar-refractivity contribution in [1.82, 2.24) is 5.32 Å². The fraction of sp³-hybridized carbons (Fsp3) is 0.562. The van der Waals surface area contributed by atoms with Gasteiger partial charge >= 0.3 is 6.09 Å². The van der Waals surface area contributed by atoms with Crippen LogP contribution in [0.1, 0.15) is 31.2 Å². The molecule has 0 aromatic heterocycles. The zero-order valence-corrected chi connectivity index (χ0v) is 11.6. The van der Waals surface area contributed by atoms with Crippen LogP contribution in [0.25, 0.3) is 0 Å². The molecule has 0 aliphatic heterocycles. The molecule has 4 atom stereocenters. The van der Waals surface area contributed by atoms with Crippen LogP contribution in [0.4, 0.5) is 4.79 Å². The summed E-state index contributed by atoms with van der Waals surface area (Å²) in [5.74, 6) is 1.40. The van der Waals surface area contributed by atoms with Crippen molar-refractivity contribution in [2.75, 3.05) is 0 Å². The van der Waals surface area contributed by atoms with E-state index in [9.17, 15) is 4.79 Å². The number of carbonyl (C=O) groups excluding carboxylic acids is 1. The Kier molecular flexibility index (Phi) is 3.92. The second-order valence-corrected chi connectivity index (χ2v) is 6.13. The third kappa shape index (κ3) is 3.12. The number of alkyl carbamates (subject to hydrolysis) is 1. The van der Waals surface area contributed by atoms with Crippen molar-refractivity contribution >= 4 is 6.09 Å². The highest BCUT2D eigenvalue weighted by Crippen LogP contribution is 2.43. The molecule has 20 heavy (non-hydrogen) atoms. The van der Waals surface area contributed by atoms with Crippen LogP contribution in [-0.2, 0) is 11.3 Å². The van der Waals surface area contributed by atoms with Gasteiger partial charge < -0.3 is 15.8 Å². The lowest BCUT2D eigenvalue weighted by Gasteiger charge is -2.14. The van der Waals surface area contributed by atoms with E-state index in [2.05, 4.69) is 5.32 Å². The largest absolute Gasteiger partial charge is 0.445 e. The Bertz CT molecular complexity index is 449. The molecule has 2 saturated carbocycles. The van der Waals surface area contributed by atoms with Gasteiger partial charge in [-0.05, 0) is 43.1 Å². The molecule has 108 valence electrons. The lowest BCUT2D eigenvalue weighted by molar-refractivity contribution is 0.135. The van der Waals surface area contributed by atoms with E-state index >= 15 is 0 Å². The Morgan fingerprint density at radius 1 is 1.15 bits per heavy atom. The topological polar surface area (TPSA) is 64.3 Å². The van der Waals surface area contributed by atoms with Crippen LogP contribution in [0.3, 0.4) is 0 Å². The molecule has 1 aromatic rings. The Morgan fingerprint density at radius 2 is 1.80 bits per heavy atom. The number of carbonyl (C=O) groups is 1. The van der Waals surface area contributed by atoms with E-state index in [0.717, 1.165) is 31.2 Å². The van der Waals surface area contributed by atoms with Gasteiger partial charge in [-0.25, -0.2) is 4.79 Å². The maximum absolute atomic E-state index is 11.8. The zero-order chi connectivity index (χ0) is 13.9. The van der Waals surface area contributed by atoms with E-state index in [1.165, 1.54) is 0 Å². The SMILES string of the molecule is NC1C[C@@H]2CC(NC(=O)OCc3ccccc3)C[C@@H]2C1. The average Bonchev–Trinajstić information content (AvgIpc) is 2.94. The molecular weight excluding hydrogens is 252 g/mol. The summed E-state index contributed by atoms with van der Waals surface area (Å²) in [6.07, 6.45) is 4.03. The van der Waals surface area contributed by atoms with Crippen LogP contribution in [0.2, 0.25) is 0 Å². The lowest BCUT2D eigenvalue weighted by atomic mass is 10.0. The fourth-order valence-electron chi connectivity index (χ4n) is 3.71. The van der Waals surface area contributed by atoms with E-state index in [1.54, 1.807) is 0 Å². The van der Waals surface area contributed by atoms with Gasteiger partial charge in [-0.15, -0.1) is 0 Å². The van der Waals surface area contributed by atoms with Crippen LogP contribution in [0.15, 0.2) is 30.3 Å². The monoisotopic (exact) mass is 274 g/mol. The highest BCUT2D eigenvalue weighted by molar-refractivity contribution is 5.67. The predicted molar refractivity (Wildman–Crippen MR) is 77.0 cm³/mol. The second-order valence-electron chi connectivity index (χ2n) is 6.13. The van der Waals surface area contributed by atoms with Crippen molar-refractivity contribution in [3.8, 4) is 0 Å². The summed E-state index contributed by atoms with van der Waals surface area (Å²) in [6, 6.07) is 10.4. The number of hydrogen-bond donors (Lipinski definition) is 2. The van der Waals surface area contributed by atoms with E-state index in [0.29, 0.717) is 24.5 Å². The smallest absolute Gasteiger partial charge is 0.407 e. The minimum absolute atomic E-state index is 0.265. The highest BCUT2D eigenvalue weighted by atomic mass is 16.5. The molecule has 0 saturated heterocycles. The van der Waals surface area contributed by atoms with Crippen LogP contribution >= 0.6 is 0 Å². The lowest BCUT2D eigenvalue weighted by Crippen LogP contribution is -2.34. The van der Waals surface area contributed by atoms with E-state index in [4.69, 9.17) is 10.5 Å². The summed E-state index contributed by atoms with van der Waals surface area (Å²) < 4.78 is 5.26. The molecule has 4 nitrogen and oxygen atoms in total. The number of hydrogen-bond acceptors (Lipinski definition) is 3. The second kappa shape index (κ2) is 5.83. The van der Waals surface area contributed by atoms with Gasteiger partial charge in [-0.2, -0.15) is 0 Å². The predicted octanol–water partition coefficient (Wildman–Crippen LogP) is 2.43. The average molecular weight is 274 g/mol. The number of benzene rings is 1. The molecule has 0 spiro atoms. The fourth-order valence-corrected chi connectivity index (χ4v) is 3.71. The van der Waals surface area contributed by atoms with E-state index < -0.39 is 0 Å². The number of nitrogens with two attached hydrogens (primary N) is 1. The Morgan fingerprint density at radius 3 is 2.45 bits per heavy atom. The third-order valence-electron chi connectivity index (χ3n) is 4.59. The van der Waals surface area contributed by atoms with E-state index in [-0.39, 0.29) is 12.1 Å². The molecule has 2 fully saturated rings. The van der Waals surface area contributed by atoms with Crippen LogP contribution in [-0.4, -0.2) is 18.2 Å². The minimum Gasteiger partial charge on any atom is -0.445 e. The van der Waals surface area contributed by atoms with Crippen molar-refractivity contribution in [3.63, 3.8) is 0 Å². The van der Waals surface area contributed by atoms with Crippen molar-refractivity contribution in [1.29, 1.82) is 0 Å². The number of rotatable bonds is 3. The van der Waals surface area contributed by atoms with Gasteiger partial charge in [0, 0.05) is 12.1 Å². The van der Waals surface area contributed by atoms with Crippen molar-refractivity contribution in [3.05, 3.63) is 35.9 Å². The Labute approximate surface area is 119 Å². The molecule has 3 N–H and O–H groups in total. The first-order valence-corrected chi connectivity index (χ1v) is 7.43. The molecule has 1 amide bonds. The maximum Gasteiger partial charge on any atom is 0.407 e. The van der Waals surface area contributed by atoms with Gasteiger partial charge in [0.1, 0.15) is 6.61 Å². The molecule has 2 aliphatic carbocycles. The summed E-state index contributed by atoms with van der Waals surface area (Å²) in [5.41, 5.74) is 6.98. The summed E-state index contributed by atoms with van der Waals surface area (Å²) in [7, 11) is 0. The highest BCUT2D eigenvalue weighted by Gasteiger charge is 2.40. The van der Waals surface area contributed by atoms with Gasteiger partial charge in [0.15, 0.2) is 0 Å². The number of ether oxygens (including phenoxy) is 1. The standard InChI is InChI=1S/C16H22N2O2/c17-14-6-12-8-15(9-13(12)7-14)18-16(19)20-10-11-4-2-1-3-5-11/h1-5,12-15H,6-10,17H2,(H,18,19)/t12-,13+,14?,15?. The molecule has 0 bridgehead atoms. The molecule has 0 heterocycles. The molecule has 2 unspecified atom stereocenters. The summed E-state index contributed by atoms with van der Waals surface area (Å²) >= 11 is 0. The minimum atomic E-state index is -0.303. The quantitative estimate of drug-likeness (QED) is 0.889. The van der Waals surface area contributed by atoms with Crippen molar-refractivity contribution in [2.45, 2.75) is 44.4 Å². The first-order valence-electron chi connectivity index (χ1n) is 7.43.